The summed E-state index contributed by atoms with van der Waals surface area (Å²) in [5.41, 5.74) is 0. The van der Waals surface area contributed by atoms with Gasteiger partial charge in [0.1, 0.15) is 0 Å². The van der Waals surface area contributed by atoms with Crippen LogP contribution in [0.15, 0.2) is 0 Å². The summed E-state index contributed by atoms with van der Waals surface area (Å²) in [5, 5.41) is 8.57. The van der Waals surface area contributed by atoms with Crippen LogP contribution in [-0.2, 0) is 9.53 Å². The fourth-order valence-corrected chi connectivity index (χ4v) is 1.57. The number of carbonyl (C=O) groups is 1. The van der Waals surface area contributed by atoms with E-state index in [-0.39, 0.29) is 5.91 Å². The number of hydrogen-bond donors (Lipinski definition) is 0. The molecule has 1 amide bonds. The van der Waals surface area contributed by atoms with E-state index in [0.717, 1.165) is 13.0 Å². The molecule has 0 saturated carbocycles. The Hall–Kier alpha value is -1.08. The molecular formula is C13H24N2O2. The lowest BCUT2D eigenvalue weighted by Gasteiger charge is -2.23. The molecule has 4 nitrogen and oxygen atoms in total. The lowest BCUT2D eigenvalue weighted by atomic mass is 10.2. The van der Waals surface area contributed by atoms with Crippen LogP contribution in [0, 0.1) is 17.2 Å². The van der Waals surface area contributed by atoms with Gasteiger partial charge in [-0.25, -0.2) is 0 Å². The number of amides is 1. The van der Waals surface area contributed by atoms with Crippen LogP contribution in [0.25, 0.3) is 0 Å². The SMILES string of the molecule is CCOCCCC(=O)N(CCC#N)CC(C)C. The summed E-state index contributed by atoms with van der Waals surface area (Å²) in [6.07, 6.45) is 1.68. The van der Waals surface area contributed by atoms with Crippen LogP contribution >= 0.6 is 0 Å². The number of carbonyl (C=O) groups excluding carboxylic acids is 1. The van der Waals surface area contributed by atoms with Gasteiger partial charge in [-0.3, -0.25) is 4.79 Å². The number of nitrogens with zero attached hydrogens (tertiary/aromatic N) is 2. The van der Waals surface area contributed by atoms with E-state index in [4.69, 9.17) is 10.00 Å². The zero-order valence-corrected chi connectivity index (χ0v) is 11.2. The Kier molecular flexibility index (Phi) is 9.46. The summed E-state index contributed by atoms with van der Waals surface area (Å²) < 4.78 is 5.20. The third kappa shape index (κ3) is 8.70. The summed E-state index contributed by atoms with van der Waals surface area (Å²) in [5.74, 6) is 0.568. The predicted molar refractivity (Wildman–Crippen MR) is 67.4 cm³/mol. The van der Waals surface area contributed by atoms with E-state index in [2.05, 4.69) is 19.9 Å². The monoisotopic (exact) mass is 240 g/mol. The Morgan fingerprint density at radius 2 is 2.18 bits per heavy atom. The lowest BCUT2D eigenvalue weighted by molar-refractivity contribution is -0.132. The predicted octanol–water partition coefficient (Wildman–Crippen LogP) is 2.20. The minimum Gasteiger partial charge on any atom is -0.382 e. The molecule has 0 unspecified atom stereocenters. The third-order valence-electron chi connectivity index (χ3n) is 2.32. The van der Waals surface area contributed by atoms with E-state index in [9.17, 15) is 4.79 Å². The van der Waals surface area contributed by atoms with Gasteiger partial charge in [0.05, 0.1) is 12.5 Å². The van der Waals surface area contributed by atoms with E-state index in [1.807, 2.05) is 6.92 Å². The van der Waals surface area contributed by atoms with E-state index in [1.54, 1.807) is 4.90 Å². The van der Waals surface area contributed by atoms with Crippen molar-refractivity contribution in [1.82, 2.24) is 4.90 Å². The molecule has 98 valence electrons. The van der Waals surface area contributed by atoms with Crippen molar-refractivity contribution < 1.29 is 9.53 Å². The molecule has 0 saturated heterocycles. The zero-order chi connectivity index (χ0) is 13.1. The summed E-state index contributed by atoms with van der Waals surface area (Å²) in [4.78, 5) is 13.7. The van der Waals surface area contributed by atoms with Crippen molar-refractivity contribution in [3.63, 3.8) is 0 Å². The molecule has 0 bridgehead atoms. The summed E-state index contributed by atoms with van der Waals surface area (Å²) in [6.45, 7) is 8.70. The fourth-order valence-electron chi connectivity index (χ4n) is 1.57. The highest BCUT2D eigenvalue weighted by Gasteiger charge is 2.13. The van der Waals surface area contributed by atoms with E-state index in [0.29, 0.717) is 38.5 Å². The second kappa shape index (κ2) is 10.1. The van der Waals surface area contributed by atoms with Crippen molar-refractivity contribution in [2.24, 2.45) is 5.92 Å². The molecule has 0 fully saturated rings. The lowest BCUT2D eigenvalue weighted by Crippen LogP contribution is -2.35. The van der Waals surface area contributed by atoms with Crippen LogP contribution < -0.4 is 0 Å². The number of rotatable bonds is 9. The standard InChI is InChI=1S/C13H24N2O2/c1-4-17-10-5-7-13(16)15(9-6-8-14)11-12(2)3/h12H,4-7,9-11H2,1-3H3. The first kappa shape index (κ1) is 15.9. The van der Waals surface area contributed by atoms with Gasteiger partial charge in [-0.2, -0.15) is 5.26 Å². The molecule has 0 aliphatic heterocycles. The van der Waals surface area contributed by atoms with E-state index in [1.165, 1.54) is 0 Å². The van der Waals surface area contributed by atoms with Gasteiger partial charge in [0, 0.05) is 32.7 Å². The molecular weight excluding hydrogens is 216 g/mol. The highest BCUT2D eigenvalue weighted by atomic mass is 16.5. The Labute approximate surface area is 105 Å². The van der Waals surface area contributed by atoms with Crippen molar-refractivity contribution in [2.45, 2.75) is 40.0 Å². The van der Waals surface area contributed by atoms with Gasteiger partial charge in [-0.15, -0.1) is 0 Å². The van der Waals surface area contributed by atoms with Gasteiger partial charge >= 0.3 is 0 Å². The van der Waals surface area contributed by atoms with Crippen molar-refractivity contribution in [3.05, 3.63) is 0 Å². The van der Waals surface area contributed by atoms with Crippen LogP contribution in [0.3, 0.4) is 0 Å². The van der Waals surface area contributed by atoms with Crippen molar-refractivity contribution in [2.75, 3.05) is 26.3 Å². The molecule has 0 atom stereocenters. The zero-order valence-electron chi connectivity index (χ0n) is 11.2. The van der Waals surface area contributed by atoms with E-state index < -0.39 is 0 Å². The van der Waals surface area contributed by atoms with E-state index >= 15 is 0 Å². The Morgan fingerprint density at radius 3 is 2.71 bits per heavy atom. The molecule has 0 aromatic rings. The summed E-state index contributed by atoms with van der Waals surface area (Å²) >= 11 is 0. The smallest absolute Gasteiger partial charge is 0.222 e. The molecule has 0 aliphatic rings. The van der Waals surface area contributed by atoms with Gasteiger partial charge in [-0.1, -0.05) is 13.8 Å². The fraction of sp³-hybridized carbons (Fsp3) is 0.846. The molecule has 0 radical (unpaired) electrons. The topological polar surface area (TPSA) is 53.3 Å². The number of ether oxygens (including phenoxy) is 1. The molecule has 0 N–H and O–H groups in total. The first-order valence-electron chi connectivity index (χ1n) is 6.34. The van der Waals surface area contributed by atoms with Crippen molar-refractivity contribution >= 4 is 5.91 Å². The highest BCUT2D eigenvalue weighted by molar-refractivity contribution is 5.76. The van der Waals surface area contributed by atoms with Crippen LogP contribution in [0.5, 0.6) is 0 Å². The third-order valence-corrected chi connectivity index (χ3v) is 2.32. The van der Waals surface area contributed by atoms with Crippen LogP contribution in [0.4, 0.5) is 0 Å². The number of nitriles is 1. The quantitative estimate of drug-likeness (QED) is 0.581. The maximum Gasteiger partial charge on any atom is 0.222 e. The Morgan fingerprint density at radius 1 is 1.47 bits per heavy atom. The van der Waals surface area contributed by atoms with Gasteiger partial charge < -0.3 is 9.64 Å². The second-order valence-corrected chi connectivity index (χ2v) is 4.44. The first-order valence-corrected chi connectivity index (χ1v) is 6.34. The van der Waals surface area contributed by atoms with Crippen molar-refractivity contribution in [1.29, 1.82) is 5.26 Å². The van der Waals surface area contributed by atoms with Gasteiger partial charge in [0.2, 0.25) is 5.91 Å². The maximum atomic E-state index is 11.9. The average molecular weight is 240 g/mol. The molecule has 0 spiro atoms. The second-order valence-electron chi connectivity index (χ2n) is 4.44. The molecule has 0 aliphatic carbocycles. The normalized spacial score (nSPS) is 10.3. The Bertz CT molecular complexity index is 246. The molecule has 0 rings (SSSR count). The minimum absolute atomic E-state index is 0.133. The number of hydrogen-bond acceptors (Lipinski definition) is 3. The van der Waals surface area contributed by atoms with Crippen LogP contribution in [-0.4, -0.2) is 37.1 Å². The highest BCUT2D eigenvalue weighted by Crippen LogP contribution is 2.04. The largest absolute Gasteiger partial charge is 0.382 e. The molecule has 4 heteroatoms. The van der Waals surface area contributed by atoms with Crippen molar-refractivity contribution in [3.8, 4) is 6.07 Å². The first-order chi connectivity index (χ1) is 8.11. The van der Waals surface area contributed by atoms with Gasteiger partial charge in [0.25, 0.3) is 0 Å². The van der Waals surface area contributed by atoms with Crippen LogP contribution in [0.2, 0.25) is 0 Å². The molecule has 0 heterocycles. The average Bonchev–Trinajstić information content (AvgIpc) is 2.29. The molecule has 0 aromatic carbocycles. The van der Waals surface area contributed by atoms with Gasteiger partial charge in [0.15, 0.2) is 0 Å². The summed E-state index contributed by atoms with van der Waals surface area (Å²) in [7, 11) is 0. The Balaban J connectivity index is 3.99. The summed E-state index contributed by atoms with van der Waals surface area (Å²) in [6, 6.07) is 2.08. The maximum absolute atomic E-state index is 11.9. The molecule has 17 heavy (non-hydrogen) atoms. The molecule has 0 aromatic heterocycles. The van der Waals surface area contributed by atoms with Gasteiger partial charge in [-0.05, 0) is 19.3 Å². The minimum atomic E-state index is 0.133. The van der Waals surface area contributed by atoms with Crippen LogP contribution in [0.1, 0.15) is 40.0 Å².